The molecule has 0 radical (unpaired) electrons. The van der Waals surface area contributed by atoms with Crippen LogP contribution in [0.3, 0.4) is 0 Å². The molecule has 1 saturated heterocycles. The Hall–Kier alpha value is -1.65. The van der Waals surface area contributed by atoms with Gasteiger partial charge in [0.25, 0.3) is 10.0 Å². The first kappa shape index (κ1) is 19.1. The van der Waals surface area contributed by atoms with Crippen LogP contribution in [0.4, 0.5) is 10.5 Å². The highest BCUT2D eigenvalue weighted by Gasteiger charge is 2.27. The number of benzene rings is 1. The first-order valence-electron chi connectivity index (χ1n) is 7.93. The van der Waals surface area contributed by atoms with E-state index >= 15 is 0 Å². The topological polar surface area (TPSA) is 87.7 Å². The monoisotopic (exact) mass is 415 g/mol. The maximum atomic E-state index is 12.6. The minimum Gasteiger partial charge on any atom is -0.379 e. The predicted octanol–water partition coefficient (Wildman–Crippen LogP) is 2.74. The molecule has 1 aliphatic heterocycles. The molecule has 2 aromatic rings. The molecule has 0 unspecified atom stereocenters. The summed E-state index contributed by atoms with van der Waals surface area (Å²) in [6.07, 6.45) is 0. The molecule has 1 aromatic carbocycles. The molecule has 7 nitrogen and oxygen atoms in total. The lowest BCUT2D eigenvalue weighted by Crippen LogP contribution is -2.40. The number of ether oxygens (including phenoxy) is 1. The van der Waals surface area contributed by atoms with Crippen molar-refractivity contribution in [3.8, 4) is 0 Å². The molecule has 2 N–H and O–H groups in total. The van der Waals surface area contributed by atoms with E-state index < -0.39 is 16.1 Å². The number of halogens is 1. The Morgan fingerprint density at radius 2 is 1.92 bits per heavy atom. The highest BCUT2D eigenvalue weighted by Crippen LogP contribution is 2.25. The molecule has 26 heavy (non-hydrogen) atoms. The van der Waals surface area contributed by atoms with Crippen LogP contribution in [-0.4, -0.2) is 45.1 Å². The third-order valence-corrected chi connectivity index (χ3v) is 7.53. The number of morpholine rings is 1. The summed E-state index contributed by atoms with van der Waals surface area (Å²) in [7, 11) is -3.51. The van der Waals surface area contributed by atoms with E-state index in [1.165, 1.54) is 4.31 Å². The normalized spacial score (nSPS) is 15.6. The fraction of sp³-hybridized carbons (Fsp3) is 0.312. The molecule has 10 heteroatoms. The van der Waals surface area contributed by atoms with E-state index in [2.05, 4.69) is 10.6 Å². The van der Waals surface area contributed by atoms with Crippen LogP contribution in [-0.2, 0) is 21.3 Å². The number of nitrogens with zero attached hydrogens (tertiary/aromatic N) is 1. The Bertz CT molecular complexity index is 879. The minimum absolute atomic E-state index is 0.222. The largest absolute Gasteiger partial charge is 0.379 e. The Morgan fingerprint density at radius 3 is 2.65 bits per heavy atom. The number of thiophene rings is 1. The molecule has 3 rings (SSSR count). The lowest BCUT2D eigenvalue weighted by molar-refractivity contribution is 0.0731. The Balaban J connectivity index is 1.58. The van der Waals surface area contributed by atoms with Crippen LogP contribution in [0.25, 0.3) is 0 Å². The highest BCUT2D eigenvalue weighted by atomic mass is 35.5. The van der Waals surface area contributed by atoms with Crippen molar-refractivity contribution in [3.05, 3.63) is 46.3 Å². The maximum Gasteiger partial charge on any atom is 0.319 e. The SMILES string of the molecule is O=C(NCc1ccc(S(=O)(=O)N2CCOCC2)s1)Nc1ccccc1Cl. The van der Waals surface area contributed by atoms with Gasteiger partial charge in [-0.3, -0.25) is 0 Å². The zero-order chi connectivity index (χ0) is 18.6. The van der Waals surface area contributed by atoms with Gasteiger partial charge in [-0.15, -0.1) is 11.3 Å². The van der Waals surface area contributed by atoms with Crippen molar-refractivity contribution >= 4 is 44.7 Å². The van der Waals surface area contributed by atoms with Gasteiger partial charge in [0.2, 0.25) is 0 Å². The molecular weight excluding hydrogens is 398 g/mol. The molecule has 140 valence electrons. The lowest BCUT2D eigenvalue weighted by atomic mass is 10.3. The second-order valence-electron chi connectivity index (χ2n) is 5.52. The van der Waals surface area contributed by atoms with Crippen molar-refractivity contribution in [3.63, 3.8) is 0 Å². The fourth-order valence-corrected chi connectivity index (χ4v) is 5.44. The highest BCUT2D eigenvalue weighted by molar-refractivity contribution is 7.91. The zero-order valence-corrected chi connectivity index (χ0v) is 16.2. The molecule has 1 aromatic heterocycles. The Kier molecular flexibility index (Phi) is 6.15. The van der Waals surface area contributed by atoms with Crippen molar-refractivity contribution in [2.75, 3.05) is 31.6 Å². The Labute approximate surface area is 161 Å². The van der Waals surface area contributed by atoms with Crippen molar-refractivity contribution < 1.29 is 17.9 Å². The van der Waals surface area contributed by atoms with Crippen LogP contribution in [0.2, 0.25) is 5.02 Å². The second-order valence-corrected chi connectivity index (χ2v) is 9.27. The number of nitrogens with one attached hydrogen (secondary N) is 2. The van der Waals surface area contributed by atoms with Gasteiger partial charge >= 0.3 is 6.03 Å². The van der Waals surface area contributed by atoms with Crippen LogP contribution >= 0.6 is 22.9 Å². The summed E-state index contributed by atoms with van der Waals surface area (Å²) in [4.78, 5) is 12.7. The average Bonchev–Trinajstić information content (AvgIpc) is 3.13. The predicted molar refractivity (Wildman–Crippen MR) is 101 cm³/mol. The molecule has 0 saturated carbocycles. The van der Waals surface area contributed by atoms with Crippen molar-refractivity contribution in [2.24, 2.45) is 0 Å². The third kappa shape index (κ3) is 4.54. The van der Waals surface area contributed by atoms with Crippen LogP contribution in [0.1, 0.15) is 4.88 Å². The third-order valence-electron chi connectivity index (χ3n) is 3.75. The van der Waals surface area contributed by atoms with Crippen molar-refractivity contribution in [2.45, 2.75) is 10.8 Å². The van der Waals surface area contributed by atoms with Crippen molar-refractivity contribution in [1.29, 1.82) is 0 Å². The van der Waals surface area contributed by atoms with Gasteiger partial charge < -0.3 is 15.4 Å². The summed E-state index contributed by atoms with van der Waals surface area (Å²) < 4.78 is 32.0. The second kappa shape index (κ2) is 8.36. The van der Waals surface area contributed by atoms with Crippen LogP contribution in [0.5, 0.6) is 0 Å². The van der Waals surface area contributed by atoms with E-state index in [0.29, 0.717) is 37.0 Å². The molecule has 1 fully saturated rings. The number of anilines is 1. The molecule has 2 amide bonds. The number of urea groups is 1. The van der Waals surface area contributed by atoms with Gasteiger partial charge in [0.15, 0.2) is 0 Å². The first-order chi connectivity index (χ1) is 12.5. The lowest BCUT2D eigenvalue weighted by Gasteiger charge is -2.25. The van der Waals surface area contributed by atoms with Gasteiger partial charge in [0, 0.05) is 18.0 Å². The number of sulfonamides is 1. The number of carbonyl (C=O) groups excluding carboxylic acids is 1. The number of amides is 2. The standard InChI is InChI=1S/C16H18ClN3O4S2/c17-13-3-1-2-4-14(13)19-16(21)18-11-12-5-6-15(25-12)26(22,23)20-7-9-24-10-8-20/h1-6H,7-11H2,(H2,18,19,21). The number of carbonyl (C=O) groups is 1. The minimum atomic E-state index is -3.51. The van der Waals surface area contributed by atoms with Gasteiger partial charge in [-0.25, -0.2) is 13.2 Å². The summed E-state index contributed by atoms with van der Waals surface area (Å²) in [5.74, 6) is 0. The van der Waals surface area contributed by atoms with E-state index in [-0.39, 0.29) is 10.8 Å². The summed E-state index contributed by atoms with van der Waals surface area (Å²) in [6, 6.07) is 9.77. The first-order valence-corrected chi connectivity index (χ1v) is 10.6. The van der Waals surface area contributed by atoms with E-state index in [4.69, 9.17) is 16.3 Å². The number of rotatable bonds is 5. The summed E-state index contributed by atoms with van der Waals surface area (Å²) in [5.41, 5.74) is 0.508. The quantitative estimate of drug-likeness (QED) is 0.785. The number of para-hydroxylation sites is 1. The van der Waals surface area contributed by atoms with E-state index in [1.807, 2.05) is 0 Å². The molecule has 2 heterocycles. The molecule has 0 aliphatic carbocycles. The number of hydrogen-bond donors (Lipinski definition) is 2. The summed E-state index contributed by atoms with van der Waals surface area (Å²) >= 11 is 7.14. The van der Waals surface area contributed by atoms with Crippen molar-refractivity contribution in [1.82, 2.24) is 9.62 Å². The fourth-order valence-electron chi connectivity index (χ4n) is 2.40. The van der Waals surface area contributed by atoms with Gasteiger partial charge in [0.1, 0.15) is 4.21 Å². The molecule has 0 bridgehead atoms. The van der Waals surface area contributed by atoms with Gasteiger partial charge in [-0.05, 0) is 24.3 Å². The van der Waals surface area contributed by atoms with E-state index in [0.717, 1.165) is 16.2 Å². The van der Waals surface area contributed by atoms with Crippen LogP contribution in [0.15, 0.2) is 40.6 Å². The van der Waals surface area contributed by atoms with Crippen LogP contribution in [0, 0.1) is 0 Å². The van der Waals surface area contributed by atoms with Gasteiger partial charge in [0.05, 0.1) is 30.5 Å². The maximum absolute atomic E-state index is 12.6. The molecule has 1 aliphatic rings. The summed E-state index contributed by atoms with van der Waals surface area (Å²) in [5, 5.41) is 5.79. The molecule has 0 atom stereocenters. The Morgan fingerprint density at radius 1 is 1.19 bits per heavy atom. The summed E-state index contributed by atoms with van der Waals surface area (Å²) in [6.45, 7) is 1.74. The molecule has 0 spiro atoms. The van der Waals surface area contributed by atoms with E-state index in [9.17, 15) is 13.2 Å². The average molecular weight is 416 g/mol. The van der Waals surface area contributed by atoms with Gasteiger partial charge in [-0.2, -0.15) is 4.31 Å². The zero-order valence-electron chi connectivity index (χ0n) is 13.8. The smallest absolute Gasteiger partial charge is 0.319 e. The van der Waals surface area contributed by atoms with Crippen LogP contribution < -0.4 is 10.6 Å². The number of hydrogen-bond acceptors (Lipinski definition) is 5. The van der Waals surface area contributed by atoms with Gasteiger partial charge in [-0.1, -0.05) is 23.7 Å². The van der Waals surface area contributed by atoms with E-state index in [1.54, 1.807) is 36.4 Å². The molecular formula is C16H18ClN3O4S2.